The van der Waals surface area contributed by atoms with Crippen molar-refractivity contribution in [1.82, 2.24) is 10.2 Å². The lowest BCUT2D eigenvalue weighted by molar-refractivity contribution is 0.322. The molecular weight excluding hydrogens is 234 g/mol. The molecule has 1 N–H and O–H groups in total. The van der Waals surface area contributed by atoms with E-state index in [-0.39, 0.29) is 0 Å². The Balaban J connectivity index is 2.66. The first-order valence-corrected chi connectivity index (χ1v) is 6.75. The fourth-order valence-electron chi connectivity index (χ4n) is 2.08. The van der Waals surface area contributed by atoms with Gasteiger partial charge in [0.1, 0.15) is 0 Å². The van der Waals surface area contributed by atoms with Crippen LogP contribution in [0.4, 0.5) is 0 Å². The van der Waals surface area contributed by atoms with E-state index in [9.17, 15) is 0 Å². The molecule has 98 valence electrons. The Labute approximate surface area is 110 Å². The maximum Gasteiger partial charge on any atom is 0.194 e. The molecule has 17 heavy (non-hydrogen) atoms. The number of nitrogens with zero attached hydrogens (tertiary/aromatic N) is 2. The topological polar surface area (TPSA) is 27.6 Å². The highest BCUT2D eigenvalue weighted by Gasteiger charge is 2.33. The van der Waals surface area contributed by atoms with Crippen LogP contribution in [0.25, 0.3) is 0 Å². The standard InChI is InChI=1S/C13H24ClN3/c1-5-13(4)7-8-17(10-13)12(15-6-2)16-9-11(3)14/h3,5-10H2,1-2,4H3,(H,15,16). The van der Waals surface area contributed by atoms with Crippen molar-refractivity contribution in [3.63, 3.8) is 0 Å². The highest BCUT2D eigenvalue weighted by molar-refractivity contribution is 6.29. The largest absolute Gasteiger partial charge is 0.357 e. The second kappa shape index (κ2) is 6.29. The summed E-state index contributed by atoms with van der Waals surface area (Å²) in [4.78, 5) is 6.82. The summed E-state index contributed by atoms with van der Waals surface area (Å²) in [6, 6.07) is 0. The van der Waals surface area contributed by atoms with E-state index in [0.29, 0.717) is 17.0 Å². The Kier molecular flexibility index (Phi) is 5.31. The minimum atomic E-state index is 0.425. The van der Waals surface area contributed by atoms with Crippen molar-refractivity contribution in [3.8, 4) is 0 Å². The summed E-state index contributed by atoms with van der Waals surface area (Å²) >= 11 is 5.76. The third kappa shape index (κ3) is 4.23. The van der Waals surface area contributed by atoms with Crippen LogP contribution < -0.4 is 5.32 Å². The molecule has 1 unspecified atom stereocenters. The van der Waals surface area contributed by atoms with E-state index < -0.39 is 0 Å². The molecule has 1 fully saturated rings. The summed E-state index contributed by atoms with van der Waals surface area (Å²) in [5.41, 5.74) is 0.425. The molecule has 1 saturated heterocycles. The zero-order chi connectivity index (χ0) is 12.9. The first kappa shape index (κ1) is 14.4. The summed E-state index contributed by atoms with van der Waals surface area (Å²) in [5.74, 6) is 0.964. The number of nitrogens with one attached hydrogen (secondary N) is 1. The number of guanidine groups is 1. The average molecular weight is 258 g/mol. The molecule has 0 amide bonds. The summed E-state index contributed by atoms with van der Waals surface area (Å²) in [6.07, 6.45) is 2.45. The van der Waals surface area contributed by atoms with E-state index >= 15 is 0 Å². The molecule has 0 spiro atoms. The summed E-state index contributed by atoms with van der Waals surface area (Å²) in [5, 5.41) is 3.90. The second-order valence-corrected chi connectivity index (χ2v) is 5.56. The molecule has 3 nitrogen and oxygen atoms in total. The molecule has 0 radical (unpaired) electrons. The van der Waals surface area contributed by atoms with Crippen molar-refractivity contribution in [2.45, 2.75) is 33.6 Å². The zero-order valence-corrected chi connectivity index (χ0v) is 12.0. The van der Waals surface area contributed by atoms with Gasteiger partial charge < -0.3 is 10.2 Å². The van der Waals surface area contributed by atoms with Crippen LogP contribution in [0.5, 0.6) is 0 Å². The van der Waals surface area contributed by atoms with Gasteiger partial charge in [-0.15, -0.1) is 0 Å². The summed E-state index contributed by atoms with van der Waals surface area (Å²) in [6.45, 7) is 13.9. The Morgan fingerprint density at radius 2 is 2.24 bits per heavy atom. The fraction of sp³-hybridized carbons (Fsp3) is 0.769. The summed E-state index contributed by atoms with van der Waals surface area (Å²) in [7, 11) is 0. The molecular formula is C13H24ClN3. The molecule has 0 bridgehead atoms. The highest BCUT2D eigenvalue weighted by Crippen LogP contribution is 2.32. The fourth-order valence-corrected chi connectivity index (χ4v) is 2.14. The lowest BCUT2D eigenvalue weighted by Crippen LogP contribution is -2.41. The SMILES string of the molecule is C=C(Cl)CN=C(NCC)N1CCC(C)(CC)C1. The van der Waals surface area contributed by atoms with Gasteiger partial charge in [0.25, 0.3) is 0 Å². The minimum absolute atomic E-state index is 0.425. The lowest BCUT2D eigenvalue weighted by Gasteiger charge is -2.25. The molecule has 1 aliphatic rings. The van der Waals surface area contributed by atoms with E-state index in [1.165, 1.54) is 12.8 Å². The quantitative estimate of drug-likeness (QED) is 0.620. The highest BCUT2D eigenvalue weighted by atomic mass is 35.5. The number of hydrogen-bond acceptors (Lipinski definition) is 1. The van der Waals surface area contributed by atoms with E-state index in [2.05, 4.69) is 42.6 Å². The van der Waals surface area contributed by atoms with Gasteiger partial charge in [0.2, 0.25) is 0 Å². The molecule has 0 aromatic carbocycles. The van der Waals surface area contributed by atoms with E-state index in [0.717, 1.165) is 25.6 Å². The van der Waals surface area contributed by atoms with Gasteiger partial charge in [-0.25, -0.2) is 4.99 Å². The first-order valence-electron chi connectivity index (χ1n) is 6.37. The Morgan fingerprint density at radius 1 is 1.53 bits per heavy atom. The van der Waals surface area contributed by atoms with Gasteiger partial charge in [-0.3, -0.25) is 0 Å². The third-order valence-corrected chi connectivity index (χ3v) is 3.57. The number of halogens is 1. The Morgan fingerprint density at radius 3 is 2.71 bits per heavy atom. The third-order valence-electron chi connectivity index (χ3n) is 3.45. The molecule has 1 heterocycles. The maximum absolute atomic E-state index is 5.76. The van der Waals surface area contributed by atoms with Crippen LogP contribution in [-0.2, 0) is 0 Å². The Hall–Kier alpha value is -0.700. The number of likely N-dealkylation sites (tertiary alicyclic amines) is 1. The van der Waals surface area contributed by atoms with Crippen molar-refractivity contribution in [3.05, 3.63) is 11.6 Å². The normalized spacial score (nSPS) is 25.2. The predicted molar refractivity (Wildman–Crippen MR) is 75.6 cm³/mol. The van der Waals surface area contributed by atoms with Crippen LogP contribution in [0.3, 0.4) is 0 Å². The van der Waals surface area contributed by atoms with Gasteiger partial charge in [-0.1, -0.05) is 32.0 Å². The van der Waals surface area contributed by atoms with Gasteiger partial charge in [0.15, 0.2) is 5.96 Å². The molecule has 4 heteroatoms. The maximum atomic E-state index is 5.76. The Bertz CT molecular complexity index is 301. The van der Waals surface area contributed by atoms with Gasteiger partial charge in [0.05, 0.1) is 6.54 Å². The number of rotatable bonds is 4. The van der Waals surface area contributed by atoms with Gasteiger partial charge >= 0.3 is 0 Å². The number of hydrogen-bond donors (Lipinski definition) is 1. The molecule has 0 aromatic heterocycles. The molecule has 0 aliphatic carbocycles. The summed E-state index contributed by atoms with van der Waals surface area (Å²) < 4.78 is 0. The van der Waals surface area contributed by atoms with E-state index in [1.54, 1.807) is 0 Å². The van der Waals surface area contributed by atoms with Gasteiger partial charge in [-0.05, 0) is 25.2 Å². The van der Waals surface area contributed by atoms with E-state index in [4.69, 9.17) is 11.6 Å². The lowest BCUT2D eigenvalue weighted by atomic mass is 9.87. The minimum Gasteiger partial charge on any atom is -0.357 e. The van der Waals surface area contributed by atoms with Crippen molar-refractivity contribution < 1.29 is 0 Å². The van der Waals surface area contributed by atoms with Crippen LogP contribution in [0.15, 0.2) is 16.6 Å². The molecule has 1 atom stereocenters. The molecule has 1 aliphatic heterocycles. The van der Waals surface area contributed by atoms with Gasteiger partial charge in [0, 0.05) is 24.7 Å². The monoisotopic (exact) mass is 257 g/mol. The van der Waals surface area contributed by atoms with Crippen LogP contribution in [0, 0.1) is 5.41 Å². The van der Waals surface area contributed by atoms with E-state index in [1.807, 2.05) is 0 Å². The zero-order valence-electron chi connectivity index (χ0n) is 11.2. The second-order valence-electron chi connectivity index (χ2n) is 5.02. The van der Waals surface area contributed by atoms with Crippen molar-refractivity contribution in [1.29, 1.82) is 0 Å². The van der Waals surface area contributed by atoms with Crippen LogP contribution in [0.1, 0.15) is 33.6 Å². The van der Waals surface area contributed by atoms with Crippen molar-refractivity contribution in [2.24, 2.45) is 10.4 Å². The van der Waals surface area contributed by atoms with Crippen molar-refractivity contribution in [2.75, 3.05) is 26.2 Å². The molecule has 0 saturated carbocycles. The van der Waals surface area contributed by atoms with Gasteiger partial charge in [-0.2, -0.15) is 0 Å². The molecule has 0 aromatic rings. The van der Waals surface area contributed by atoms with Crippen LogP contribution in [0.2, 0.25) is 0 Å². The van der Waals surface area contributed by atoms with Crippen molar-refractivity contribution >= 4 is 17.6 Å². The molecule has 1 rings (SSSR count). The smallest absolute Gasteiger partial charge is 0.194 e. The van der Waals surface area contributed by atoms with Crippen LogP contribution >= 0.6 is 11.6 Å². The average Bonchev–Trinajstić information content (AvgIpc) is 2.68. The van der Waals surface area contributed by atoms with Crippen LogP contribution in [-0.4, -0.2) is 37.0 Å². The first-order chi connectivity index (χ1) is 8.00. The number of aliphatic imine (C=N–C) groups is 1. The predicted octanol–water partition coefficient (Wildman–Crippen LogP) is 2.83.